The van der Waals surface area contributed by atoms with Crippen molar-refractivity contribution in [3.05, 3.63) is 0 Å². The Morgan fingerprint density at radius 2 is 0.750 bits per heavy atom. The molecule has 0 aromatic rings. The summed E-state index contributed by atoms with van der Waals surface area (Å²) in [5, 5.41) is 0. The molecule has 0 unspecified atom stereocenters. The predicted molar refractivity (Wildman–Crippen MR) is 70.3 cm³/mol. The smallest absolute Gasteiger partial charge is 0.0149 e. The van der Waals surface area contributed by atoms with Crippen LogP contribution in [0.25, 0.3) is 0 Å². The van der Waals surface area contributed by atoms with Crippen molar-refractivity contribution in [2.75, 3.05) is 0 Å². The summed E-state index contributed by atoms with van der Waals surface area (Å²) in [7, 11) is 0. The molecule has 0 bridgehead atoms. The van der Waals surface area contributed by atoms with Gasteiger partial charge < -0.3 is 2.85 Å². The van der Waals surface area contributed by atoms with Crippen molar-refractivity contribution < 1.29 is 30.5 Å². The third-order valence-electron chi connectivity index (χ3n) is 0. The minimum Gasteiger partial charge on any atom is -0.0149 e. The standard InChI is InChI=1S/Ca.Hg.Pb.3H2S.2H4Si.4H/h;;;3*1H2;2*1H4;;;;/q+2;;;;;;;;;;2*-1. The largest absolute Gasteiger partial charge is 0.0149 e. The van der Waals surface area contributed by atoms with Crippen molar-refractivity contribution in [3.63, 3.8) is 0 Å². The topological polar surface area (TPSA) is 0 Å². The molecule has 8 heavy (non-hydrogen) atoms. The minimum absolute atomic E-state index is 0. The first kappa shape index (κ1) is 80.1. The van der Waals surface area contributed by atoms with Gasteiger partial charge >= 0.3 is 65.0 Å². The van der Waals surface area contributed by atoms with Gasteiger partial charge in [0.15, 0.2) is 0 Å². The van der Waals surface area contributed by atoms with Gasteiger partial charge in [0.25, 0.3) is 0 Å². The monoisotopic (exact) mass is 620 g/mol. The molecule has 0 N–H and O–H groups in total. The summed E-state index contributed by atoms with van der Waals surface area (Å²) >= 11 is 0. The molecule has 0 saturated heterocycles. The Balaban J connectivity index is 0. The zero-order valence-corrected chi connectivity index (χ0v) is 19.8. The molecule has 0 aromatic heterocycles. The maximum Gasteiger partial charge on any atom is -0.0149 e. The molecule has 0 nitrogen and oxygen atoms in total. The summed E-state index contributed by atoms with van der Waals surface area (Å²) in [6.07, 6.45) is 0. The molecule has 8 heteroatoms. The average Bonchev–Trinajstić information content (AvgIpc) is 0. The van der Waals surface area contributed by atoms with E-state index in [1.165, 1.54) is 0 Å². The zero-order chi connectivity index (χ0) is 0. The molecule has 0 aliphatic carbocycles. The molecule has 0 rings (SSSR count). The van der Waals surface area contributed by atoms with E-state index in [0.717, 1.165) is 0 Å². The Morgan fingerprint density at radius 1 is 0.750 bits per heavy atom. The van der Waals surface area contributed by atoms with E-state index in [0.29, 0.717) is 0 Å². The second-order valence-corrected chi connectivity index (χ2v) is 0. The summed E-state index contributed by atoms with van der Waals surface area (Å²) < 4.78 is 0. The van der Waals surface area contributed by atoms with Gasteiger partial charge in [0.1, 0.15) is 0 Å². The van der Waals surface area contributed by atoms with Crippen LogP contribution in [-0.2, 0) is 27.7 Å². The SMILES string of the molecule is S.S.S.[Ca+2].[H-].[H-].[Hg].[PbH2].[SiH4].[SiH4]. The summed E-state index contributed by atoms with van der Waals surface area (Å²) in [5.41, 5.74) is 0. The molecule has 0 atom stereocenters. The van der Waals surface area contributed by atoms with Crippen LogP contribution in [0, 0.1) is 0 Å². The normalized spacial score (nSPS) is 0. The molecular formula is H18CaHgPbS3Si2. The first-order chi connectivity index (χ1) is 0. The predicted octanol–water partition coefficient (Wildman–Crippen LogP) is -3.64. The van der Waals surface area contributed by atoms with Crippen LogP contribution in [0.15, 0.2) is 0 Å². The van der Waals surface area contributed by atoms with Crippen molar-refractivity contribution in [2.24, 2.45) is 0 Å². The van der Waals surface area contributed by atoms with E-state index < -0.39 is 0 Å². The molecule has 0 fully saturated rings. The molecular weight excluding hydrogens is 600 g/mol. The first-order valence-electron chi connectivity index (χ1n) is 0. The fourth-order valence-corrected chi connectivity index (χ4v) is 0. The van der Waals surface area contributed by atoms with E-state index in [9.17, 15) is 0 Å². The van der Waals surface area contributed by atoms with Gasteiger partial charge in [-0.2, -0.15) is 40.5 Å². The second-order valence-electron chi connectivity index (χ2n) is 0. The van der Waals surface area contributed by atoms with Crippen molar-refractivity contribution in [2.45, 2.75) is 0 Å². The van der Waals surface area contributed by atoms with E-state index in [1.54, 1.807) is 0 Å². The Kier molecular flexibility index (Phi) is 617. The van der Waals surface area contributed by atoms with E-state index in [-0.39, 0.29) is 158 Å². The van der Waals surface area contributed by atoms with Gasteiger partial charge in [0, 0.05) is 27.7 Å². The third-order valence-corrected chi connectivity index (χ3v) is 0. The number of hydrogen-bond donors (Lipinski definition) is 0. The Bertz CT molecular complexity index is 24.5. The second kappa shape index (κ2) is 61.6. The summed E-state index contributed by atoms with van der Waals surface area (Å²) in [6, 6.07) is 0. The zero-order valence-electron chi connectivity index (χ0n) is 5.62. The van der Waals surface area contributed by atoms with Crippen LogP contribution < -0.4 is 0 Å². The maximum atomic E-state index is 0. The van der Waals surface area contributed by atoms with Gasteiger partial charge in [-0.3, -0.25) is 0 Å². The summed E-state index contributed by atoms with van der Waals surface area (Å²) in [6.45, 7) is 0. The van der Waals surface area contributed by atoms with E-state index in [2.05, 4.69) is 0 Å². The fourth-order valence-electron chi connectivity index (χ4n) is 0. The molecule has 0 saturated carbocycles. The first-order valence-corrected chi connectivity index (χ1v) is 0. The fraction of sp³-hybridized carbons (Fsp3) is 0. The molecule has 0 amide bonds. The van der Waals surface area contributed by atoms with Gasteiger partial charge in [-0.15, -0.1) is 0 Å². The van der Waals surface area contributed by atoms with Crippen LogP contribution in [0.2, 0.25) is 0 Å². The van der Waals surface area contributed by atoms with Crippen LogP contribution in [0.1, 0.15) is 2.85 Å². The molecule has 52 valence electrons. The Morgan fingerprint density at radius 3 is 0.750 bits per heavy atom. The number of hydrogen-bond acceptors (Lipinski definition) is 0. The quantitative estimate of drug-likeness (QED) is 0.246. The van der Waals surface area contributed by atoms with Gasteiger partial charge in [-0.05, 0) is 21.9 Å². The Labute approximate surface area is 154 Å². The van der Waals surface area contributed by atoms with E-state index >= 15 is 0 Å². The van der Waals surface area contributed by atoms with Crippen molar-refractivity contribution in [1.82, 2.24) is 0 Å². The average molecular weight is 618 g/mol. The van der Waals surface area contributed by atoms with Crippen LogP contribution in [-0.4, -0.2) is 87.0 Å². The van der Waals surface area contributed by atoms with Gasteiger partial charge in [-0.25, -0.2) is 0 Å². The van der Waals surface area contributed by atoms with Crippen LogP contribution in [0.3, 0.4) is 0 Å². The summed E-state index contributed by atoms with van der Waals surface area (Å²) in [4.78, 5) is 0. The summed E-state index contributed by atoms with van der Waals surface area (Å²) in [5.74, 6) is 0. The molecule has 2 radical (unpaired) electrons. The maximum absolute atomic E-state index is 0. The van der Waals surface area contributed by atoms with Crippen molar-refractivity contribution in [1.29, 1.82) is 0 Å². The van der Waals surface area contributed by atoms with Crippen LogP contribution >= 0.6 is 40.5 Å². The van der Waals surface area contributed by atoms with Crippen LogP contribution in [0.4, 0.5) is 0 Å². The van der Waals surface area contributed by atoms with E-state index in [1.807, 2.05) is 0 Å². The Hall–Kier alpha value is 4.60. The molecule has 0 aliphatic heterocycles. The van der Waals surface area contributed by atoms with E-state index in [4.69, 9.17) is 0 Å². The van der Waals surface area contributed by atoms with Crippen molar-refractivity contribution >= 4 is 127 Å². The number of rotatable bonds is 0. The minimum atomic E-state index is 0. The molecule has 0 spiro atoms. The van der Waals surface area contributed by atoms with Gasteiger partial charge in [-0.1, -0.05) is 0 Å². The van der Waals surface area contributed by atoms with Gasteiger partial charge in [0.05, 0.1) is 0 Å². The van der Waals surface area contributed by atoms with Crippen molar-refractivity contribution in [3.8, 4) is 0 Å². The van der Waals surface area contributed by atoms with Crippen LogP contribution in [0.5, 0.6) is 0 Å². The molecule has 0 aromatic carbocycles. The molecule has 0 heterocycles. The van der Waals surface area contributed by atoms with Gasteiger partial charge in [0.2, 0.25) is 0 Å². The molecule has 0 aliphatic rings. The third kappa shape index (κ3) is 46.2.